The number of benzene rings is 1. The van der Waals surface area contributed by atoms with E-state index in [0.29, 0.717) is 4.99 Å². The average molecular weight is 212 g/mol. The molecule has 0 aromatic heterocycles. The molecule has 0 unspecified atom stereocenters. The molecule has 0 aliphatic rings. The largest absolute Gasteiger partial charge is 0.389 e. The molecule has 0 saturated heterocycles. The average Bonchev–Trinajstić information content (AvgIpc) is 2.16. The quantitative estimate of drug-likeness (QED) is 0.594. The van der Waals surface area contributed by atoms with Crippen LogP contribution in [-0.2, 0) is 0 Å². The monoisotopic (exact) mass is 212 g/mol. The van der Waals surface area contributed by atoms with E-state index in [0.717, 1.165) is 16.1 Å². The van der Waals surface area contributed by atoms with Gasteiger partial charge in [-0.05, 0) is 18.4 Å². The summed E-state index contributed by atoms with van der Waals surface area (Å²) in [4.78, 5) is 1.55. The van der Waals surface area contributed by atoms with Crippen molar-refractivity contribution < 1.29 is 0 Å². The third-order valence-electron chi connectivity index (χ3n) is 1.76. The van der Waals surface area contributed by atoms with E-state index in [1.165, 1.54) is 0 Å². The third-order valence-corrected chi connectivity index (χ3v) is 2.75. The number of nitrogens with one attached hydrogen (secondary N) is 1. The van der Waals surface area contributed by atoms with Crippen LogP contribution in [0.5, 0.6) is 0 Å². The number of hydrogen-bond donors (Lipinski definition) is 2. The van der Waals surface area contributed by atoms with Gasteiger partial charge in [-0.1, -0.05) is 18.3 Å². The minimum Gasteiger partial charge on any atom is -0.389 e. The van der Waals surface area contributed by atoms with E-state index in [4.69, 9.17) is 18.0 Å². The molecule has 0 atom stereocenters. The van der Waals surface area contributed by atoms with Crippen molar-refractivity contribution in [1.82, 2.24) is 0 Å². The molecule has 3 N–H and O–H groups in total. The Labute approximate surface area is 87.9 Å². The highest BCUT2D eigenvalue weighted by atomic mass is 32.2. The normalized spacial score (nSPS) is 9.69. The van der Waals surface area contributed by atoms with Gasteiger partial charge in [0.25, 0.3) is 0 Å². The van der Waals surface area contributed by atoms with Gasteiger partial charge in [0, 0.05) is 23.2 Å². The van der Waals surface area contributed by atoms with Gasteiger partial charge >= 0.3 is 0 Å². The first kappa shape index (κ1) is 10.3. The summed E-state index contributed by atoms with van der Waals surface area (Å²) in [5.41, 5.74) is 7.57. The predicted octanol–water partition coefficient (Wildman–Crippen LogP) is 2.08. The fourth-order valence-corrected chi connectivity index (χ4v) is 2.09. The van der Waals surface area contributed by atoms with Crippen molar-refractivity contribution >= 4 is 34.7 Å². The molecule has 1 rings (SSSR count). The molecule has 0 aliphatic carbocycles. The van der Waals surface area contributed by atoms with E-state index in [1.807, 2.05) is 31.5 Å². The second-order valence-electron chi connectivity index (χ2n) is 2.50. The molecule has 0 bridgehead atoms. The second kappa shape index (κ2) is 4.48. The van der Waals surface area contributed by atoms with Crippen LogP contribution in [0.2, 0.25) is 0 Å². The molecule has 2 nitrogen and oxygen atoms in total. The summed E-state index contributed by atoms with van der Waals surface area (Å²) in [7, 11) is 1.86. The van der Waals surface area contributed by atoms with E-state index < -0.39 is 0 Å². The van der Waals surface area contributed by atoms with E-state index in [9.17, 15) is 0 Å². The van der Waals surface area contributed by atoms with Gasteiger partial charge in [-0.2, -0.15) is 0 Å². The number of thioether (sulfide) groups is 1. The van der Waals surface area contributed by atoms with Crippen LogP contribution in [0, 0.1) is 0 Å². The molecule has 13 heavy (non-hydrogen) atoms. The van der Waals surface area contributed by atoms with Gasteiger partial charge in [-0.15, -0.1) is 11.8 Å². The maximum absolute atomic E-state index is 5.64. The van der Waals surface area contributed by atoms with Crippen LogP contribution in [0.4, 0.5) is 5.69 Å². The Morgan fingerprint density at radius 1 is 1.54 bits per heavy atom. The molecule has 0 amide bonds. The Balaban J connectivity index is 3.29. The van der Waals surface area contributed by atoms with E-state index in [2.05, 4.69) is 5.32 Å². The predicted molar refractivity (Wildman–Crippen MR) is 63.7 cm³/mol. The lowest BCUT2D eigenvalue weighted by atomic mass is 10.2. The third kappa shape index (κ3) is 2.14. The molecule has 0 spiro atoms. The fourth-order valence-electron chi connectivity index (χ4n) is 1.16. The molecular formula is C9H12N2S2. The number of thiocarbonyl (C=S) groups is 1. The lowest BCUT2D eigenvalue weighted by Crippen LogP contribution is -2.13. The highest BCUT2D eigenvalue weighted by Gasteiger charge is 2.08. The first-order valence-electron chi connectivity index (χ1n) is 3.85. The summed E-state index contributed by atoms with van der Waals surface area (Å²) in [6, 6.07) is 5.97. The first-order valence-corrected chi connectivity index (χ1v) is 5.48. The van der Waals surface area contributed by atoms with Crippen LogP contribution in [-0.4, -0.2) is 18.3 Å². The van der Waals surface area contributed by atoms with Crippen LogP contribution >= 0.6 is 24.0 Å². The number of hydrogen-bond acceptors (Lipinski definition) is 3. The van der Waals surface area contributed by atoms with E-state index in [-0.39, 0.29) is 0 Å². The number of anilines is 1. The van der Waals surface area contributed by atoms with Crippen LogP contribution < -0.4 is 11.1 Å². The maximum Gasteiger partial charge on any atom is 0.107 e. The summed E-state index contributed by atoms with van der Waals surface area (Å²) in [5, 5.41) is 3.07. The van der Waals surface area contributed by atoms with Crippen LogP contribution in [0.15, 0.2) is 23.1 Å². The van der Waals surface area contributed by atoms with Crippen molar-refractivity contribution in [2.24, 2.45) is 5.73 Å². The maximum atomic E-state index is 5.64. The summed E-state index contributed by atoms with van der Waals surface area (Å²) in [5.74, 6) is 0. The van der Waals surface area contributed by atoms with Crippen molar-refractivity contribution in [1.29, 1.82) is 0 Å². The molecule has 0 radical (unpaired) electrons. The van der Waals surface area contributed by atoms with Gasteiger partial charge < -0.3 is 11.1 Å². The van der Waals surface area contributed by atoms with Crippen molar-refractivity contribution in [2.75, 3.05) is 18.6 Å². The van der Waals surface area contributed by atoms with Crippen LogP contribution in [0.25, 0.3) is 0 Å². The minimum absolute atomic E-state index is 0.439. The smallest absolute Gasteiger partial charge is 0.107 e. The molecule has 0 heterocycles. The first-order chi connectivity index (χ1) is 6.20. The summed E-state index contributed by atoms with van der Waals surface area (Å²) in [6.45, 7) is 0. The Hall–Kier alpha value is -0.740. The molecule has 1 aromatic carbocycles. The lowest BCUT2D eigenvalue weighted by molar-refractivity contribution is 1.38. The SMILES string of the molecule is CNc1cccc(SC)c1C(N)=S. The zero-order chi connectivity index (χ0) is 9.84. The topological polar surface area (TPSA) is 38.0 Å². The molecule has 0 aliphatic heterocycles. The van der Waals surface area contributed by atoms with E-state index >= 15 is 0 Å². The highest BCUT2D eigenvalue weighted by molar-refractivity contribution is 7.98. The van der Waals surface area contributed by atoms with Gasteiger partial charge in [0.15, 0.2) is 0 Å². The van der Waals surface area contributed by atoms with Gasteiger partial charge in [0.05, 0.1) is 0 Å². The summed E-state index contributed by atoms with van der Waals surface area (Å²) < 4.78 is 0. The lowest BCUT2D eigenvalue weighted by Gasteiger charge is -2.11. The van der Waals surface area contributed by atoms with Gasteiger partial charge in [-0.25, -0.2) is 0 Å². The van der Waals surface area contributed by atoms with Gasteiger partial charge in [0.1, 0.15) is 4.99 Å². The number of nitrogens with two attached hydrogens (primary N) is 1. The van der Waals surface area contributed by atoms with Crippen molar-refractivity contribution in [3.8, 4) is 0 Å². The number of rotatable bonds is 3. The van der Waals surface area contributed by atoms with Gasteiger partial charge in [0.2, 0.25) is 0 Å². The zero-order valence-electron chi connectivity index (χ0n) is 7.63. The van der Waals surface area contributed by atoms with Crippen molar-refractivity contribution in [3.63, 3.8) is 0 Å². The van der Waals surface area contributed by atoms with Crippen LogP contribution in [0.3, 0.4) is 0 Å². The van der Waals surface area contributed by atoms with Crippen molar-refractivity contribution in [3.05, 3.63) is 23.8 Å². The highest BCUT2D eigenvalue weighted by Crippen LogP contribution is 2.26. The molecule has 0 fully saturated rings. The summed E-state index contributed by atoms with van der Waals surface area (Å²) >= 11 is 6.64. The Morgan fingerprint density at radius 3 is 2.69 bits per heavy atom. The Morgan fingerprint density at radius 2 is 2.23 bits per heavy atom. The van der Waals surface area contributed by atoms with Crippen LogP contribution in [0.1, 0.15) is 5.56 Å². The Bertz CT molecular complexity index is 301. The molecule has 70 valence electrons. The van der Waals surface area contributed by atoms with E-state index in [1.54, 1.807) is 11.8 Å². The second-order valence-corrected chi connectivity index (χ2v) is 3.78. The zero-order valence-corrected chi connectivity index (χ0v) is 9.26. The standard InChI is InChI=1S/C9H12N2S2/c1-11-6-4-3-5-7(13-2)8(6)9(10)12/h3-5,11H,1-2H3,(H2,10,12). The van der Waals surface area contributed by atoms with Gasteiger partial charge in [-0.3, -0.25) is 0 Å². The molecule has 1 aromatic rings. The van der Waals surface area contributed by atoms with Crippen molar-refractivity contribution in [2.45, 2.75) is 4.90 Å². The molecule has 0 saturated carbocycles. The minimum atomic E-state index is 0.439. The molecule has 4 heteroatoms. The molecular weight excluding hydrogens is 200 g/mol. The Kier molecular flexibility index (Phi) is 3.57. The summed E-state index contributed by atoms with van der Waals surface area (Å²) in [6.07, 6.45) is 2.01. The fraction of sp³-hybridized carbons (Fsp3) is 0.222.